The van der Waals surface area contributed by atoms with Crippen LogP contribution >= 0.6 is 11.3 Å². The van der Waals surface area contributed by atoms with Crippen molar-refractivity contribution in [1.82, 2.24) is 14.8 Å². The van der Waals surface area contributed by atoms with Gasteiger partial charge >= 0.3 is 0 Å². The molecule has 5 heteroatoms. The summed E-state index contributed by atoms with van der Waals surface area (Å²) < 4.78 is 1.89. The van der Waals surface area contributed by atoms with Gasteiger partial charge in [0, 0.05) is 35.6 Å². The summed E-state index contributed by atoms with van der Waals surface area (Å²) in [6, 6.07) is 7.65. The molecule has 0 bridgehead atoms. The Labute approximate surface area is 120 Å². The Morgan fingerprint density at radius 1 is 1.40 bits per heavy atom. The average Bonchev–Trinajstić information content (AvgIpc) is 2.98. The van der Waals surface area contributed by atoms with Crippen LogP contribution in [0.2, 0.25) is 0 Å². The molecular weight excluding hydrogens is 270 g/mol. The number of hydrogen-bond acceptors (Lipinski definition) is 3. The number of carbonyl (C=O) groups is 1. The predicted octanol–water partition coefficient (Wildman–Crippen LogP) is 3.37. The van der Waals surface area contributed by atoms with Crippen LogP contribution in [-0.2, 0) is 0 Å². The fourth-order valence-corrected chi connectivity index (χ4v) is 2.97. The molecule has 0 amide bonds. The predicted molar refractivity (Wildman–Crippen MR) is 77.6 cm³/mol. The maximum Gasteiger partial charge on any atom is 0.204 e. The third-order valence-electron chi connectivity index (χ3n) is 3.57. The van der Waals surface area contributed by atoms with Crippen molar-refractivity contribution in [3.63, 3.8) is 0 Å². The third-order valence-corrected chi connectivity index (χ3v) is 4.43. The summed E-state index contributed by atoms with van der Waals surface area (Å²) >= 11 is 1.47. The molecule has 3 aromatic heterocycles. The molecule has 4 nitrogen and oxygen atoms in total. The Hall–Kier alpha value is -2.14. The SMILES string of the molecule is O=C(c1ccn(-c2cc(C3CC3)[nH]n2)c1)c1cccs1. The third kappa shape index (κ3) is 2.00. The lowest BCUT2D eigenvalue weighted by molar-refractivity contribution is 0.104. The summed E-state index contributed by atoms with van der Waals surface area (Å²) in [6.45, 7) is 0. The van der Waals surface area contributed by atoms with Gasteiger partial charge in [-0.3, -0.25) is 9.89 Å². The van der Waals surface area contributed by atoms with Crippen molar-refractivity contribution in [3.8, 4) is 5.82 Å². The van der Waals surface area contributed by atoms with Gasteiger partial charge in [0.1, 0.15) is 0 Å². The molecule has 1 N–H and O–H groups in total. The van der Waals surface area contributed by atoms with Crippen LogP contribution in [0.3, 0.4) is 0 Å². The van der Waals surface area contributed by atoms with Crippen molar-refractivity contribution in [2.24, 2.45) is 0 Å². The van der Waals surface area contributed by atoms with Gasteiger partial charge in [-0.15, -0.1) is 11.3 Å². The minimum absolute atomic E-state index is 0.0664. The van der Waals surface area contributed by atoms with Crippen molar-refractivity contribution < 1.29 is 4.79 Å². The number of hydrogen-bond donors (Lipinski definition) is 1. The molecule has 4 rings (SSSR count). The van der Waals surface area contributed by atoms with E-state index >= 15 is 0 Å². The summed E-state index contributed by atoms with van der Waals surface area (Å²) in [5, 5.41) is 9.31. The van der Waals surface area contributed by atoms with Crippen LogP contribution in [0.5, 0.6) is 0 Å². The van der Waals surface area contributed by atoms with Crippen LogP contribution in [0.15, 0.2) is 42.0 Å². The first kappa shape index (κ1) is 11.7. The van der Waals surface area contributed by atoms with E-state index in [1.54, 1.807) is 0 Å². The van der Waals surface area contributed by atoms with Crippen molar-refractivity contribution >= 4 is 17.1 Å². The molecule has 1 saturated carbocycles. The van der Waals surface area contributed by atoms with Gasteiger partial charge in [0.05, 0.1) is 4.88 Å². The minimum atomic E-state index is 0.0664. The van der Waals surface area contributed by atoms with Gasteiger partial charge in [-0.2, -0.15) is 5.10 Å². The highest BCUT2D eigenvalue weighted by Crippen LogP contribution is 2.39. The number of carbonyl (C=O) groups excluding carboxylic acids is 1. The molecule has 3 heterocycles. The zero-order valence-electron chi connectivity index (χ0n) is 10.7. The van der Waals surface area contributed by atoms with E-state index in [0.29, 0.717) is 11.5 Å². The Balaban J connectivity index is 1.62. The number of H-pyrrole nitrogens is 1. The number of aromatic nitrogens is 3. The van der Waals surface area contributed by atoms with E-state index < -0.39 is 0 Å². The first-order valence-electron chi connectivity index (χ1n) is 6.63. The standard InChI is InChI=1S/C15H13N3OS/c19-15(13-2-1-7-20-13)11-5-6-18(9-11)14-8-12(16-17-14)10-3-4-10/h1-2,5-10H,3-4H2,(H,16,17). The van der Waals surface area contributed by atoms with Gasteiger partial charge < -0.3 is 4.57 Å². The van der Waals surface area contributed by atoms with Crippen LogP contribution in [0.1, 0.15) is 39.7 Å². The Kier molecular flexibility index (Phi) is 2.60. The molecule has 0 aromatic carbocycles. The molecule has 1 fully saturated rings. The van der Waals surface area contributed by atoms with Crippen molar-refractivity contribution in [2.75, 3.05) is 0 Å². The second kappa shape index (κ2) is 4.45. The highest BCUT2D eigenvalue weighted by atomic mass is 32.1. The molecule has 0 unspecified atom stereocenters. The topological polar surface area (TPSA) is 50.7 Å². The van der Waals surface area contributed by atoms with Gasteiger partial charge in [0.2, 0.25) is 5.78 Å². The first-order valence-corrected chi connectivity index (χ1v) is 7.51. The highest BCUT2D eigenvalue weighted by Gasteiger charge is 2.25. The highest BCUT2D eigenvalue weighted by molar-refractivity contribution is 7.12. The molecule has 0 spiro atoms. The van der Waals surface area contributed by atoms with Crippen LogP contribution in [0.25, 0.3) is 5.82 Å². The largest absolute Gasteiger partial charge is 0.306 e. The summed E-state index contributed by atoms with van der Waals surface area (Å²) in [5.74, 6) is 1.56. The normalized spacial score (nSPS) is 14.6. The quantitative estimate of drug-likeness (QED) is 0.746. The molecule has 0 saturated heterocycles. The summed E-state index contributed by atoms with van der Waals surface area (Å²) in [7, 11) is 0. The van der Waals surface area contributed by atoms with Crippen LogP contribution < -0.4 is 0 Å². The minimum Gasteiger partial charge on any atom is -0.306 e. The lowest BCUT2D eigenvalue weighted by Crippen LogP contribution is -1.97. The van der Waals surface area contributed by atoms with Gasteiger partial charge in [0.15, 0.2) is 5.82 Å². The van der Waals surface area contributed by atoms with Gasteiger partial charge in [0.25, 0.3) is 0 Å². The van der Waals surface area contributed by atoms with E-state index in [2.05, 4.69) is 16.3 Å². The maximum absolute atomic E-state index is 12.2. The van der Waals surface area contributed by atoms with E-state index in [4.69, 9.17) is 0 Å². The van der Waals surface area contributed by atoms with Crippen LogP contribution in [0, 0.1) is 0 Å². The average molecular weight is 283 g/mol. The smallest absolute Gasteiger partial charge is 0.204 e. The van der Waals surface area contributed by atoms with Gasteiger partial charge in [-0.25, -0.2) is 0 Å². The lowest BCUT2D eigenvalue weighted by Gasteiger charge is -1.95. The fourth-order valence-electron chi connectivity index (χ4n) is 2.28. The molecule has 20 heavy (non-hydrogen) atoms. The van der Waals surface area contributed by atoms with Crippen molar-refractivity contribution in [3.05, 3.63) is 58.2 Å². The number of ketones is 1. The van der Waals surface area contributed by atoms with Gasteiger partial charge in [-0.1, -0.05) is 6.07 Å². The lowest BCUT2D eigenvalue weighted by atomic mass is 10.2. The second-order valence-corrected chi connectivity index (χ2v) is 6.02. The summed E-state index contributed by atoms with van der Waals surface area (Å²) in [4.78, 5) is 13.0. The molecule has 0 radical (unpaired) electrons. The number of nitrogens with zero attached hydrogens (tertiary/aromatic N) is 2. The van der Waals surface area contributed by atoms with E-state index in [9.17, 15) is 4.79 Å². The van der Waals surface area contributed by atoms with Crippen LogP contribution in [-0.4, -0.2) is 20.5 Å². The number of thiophene rings is 1. The van der Waals surface area contributed by atoms with E-state index in [1.807, 2.05) is 40.5 Å². The van der Waals surface area contributed by atoms with E-state index in [1.165, 1.54) is 29.9 Å². The van der Waals surface area contributed by atoms with Crippen molar-refractivity contribution in [2.45, 2.75) is 18.8 Å². The molecule has 1 aliphatic rings. The van der Waals surface area contributed by atoms with Crippen LogP contribution in [0.4, 0.5) is 0 Å². The van der Waals surface area contributed by atoms with E-state index in [0.717, 1.165) is 10.7 Å². The Morgan fingerprint density at radius 3 is 3.05 bits per heavy atom. The number of rotatable bonds is 4. The molecule has 0 atom stereocenters. The summed E-state index contributed by atoms with van der Waals surface area (Å²) in [5.41, 5.74) is 1.89. The molecular formula is C15H13N3OS. The molecule has 3 aromatic rings. The van der Waals surface area contributed by atoms with Crippen molar-refractivity contribution in [1.29, 1.82) is 0 Å². The Morgan fingerprint density at radius 2 is 2.30 bits per heavy atom. The molecule has 1 aliphatic carbocycles. The molecule has 0 aliphatic heterocycles. The maximum atomic E-state index is 12.2. The monoisotopic (exact) mass is 283 g/mol. The second-order valence-electron chi connectivity index (χ2n) is 5.07. The zero-order valence-corrected chi connectivity index (χ0v) is 11.6. The number of nitrogens with one attached hydrogen (secondary N) is 1. The van der Waals surface area contributed by atoms with E-state index in [-0.39, 0.29) is 5.78 Å². The molecule has 100 valence electrons. The Bertz CT molecular complexity index is 750. The van der Waals surface area contributed by atoms with Gasteiger partial charge in [-0.05, 0) is 30.4 Å². The summed E-state index contributed by atoms with van der Waals surface area (Å²) in [6.07, 6.45) is 6.22. The first-order chi connectivity index (χ1) is 9.81. The number of aromatic amines is 1. The zero-order chi connectivity index (χ0) is 13.5. The fraction of sp³-hybridized carbons (Fsp3) is 0.200.